The molecule has 1 heterocycles. The van der Waals surface area contributed by atoms with Gasteiger partial charge in [-0.1, -0.05) is 12.1 Å². The van der Waals surface area contributed by atoms with Gasteiger partial charge in [-0.25, -0.2) is 13.4 Å². The summed E-state index contributed by atoms with van der Waals surface area (Å²) < 4.78 is 28.9. The largest absolute Gasteiger partial charge is 0.478 e. The van der Waals surface area contributed by atoms with Crippen molar-refractivity contribution in [1.29, 1.82) is 0 Å². The average molecular weight is 351 g/mol. The number of para-hydroxylation sites is 1. The number of nitrogens with zero attached hydrogens (tertiary/aromatic N) is 2. The van der Waals surface area contributed by atoms with Crippen molar-refractivity contribution in [3.63, 3.8) is 0 Å². The van der Waals surface area contributed by atoms with Gasteiger partial charge in [-0.05, 0) is 25.1 Å². The van der Waals surface area contributed by atoms with E-state index in [-0.39, 0.29) is 17.1 Å². The van der Waals surface area contributed by atoms with Gasteiger partial charge in [0.05, 0.1) is 11.5 Å². The quantitative estimate of drug-likeness (QED) is 0.602. The van der Waals surface area contributed by atoms with Gasteiger partial charge in [0.25, 0.3) is 0 Å². The predicted molar refractivity (Wildman–Crippen MR) is 88.9 cm³/mol. The average Bonchev–Trinajstić information content (AvgIpc) is 2.53. The van der Waals surface area contributed by atoms with Gasteiger partial charge in [0.1, 0.15) is 10.6 Å². The number of nitrogens with one attached hydrogen (secondary N) is 1. The Morgan fingerprint density at radius 1 is 1.29 bits per heavy atom. The Hall–Kier alpha value is -2.68. The molecule has 0 fully saturated rings. The van der Waals surface area contributed by atoms with Gasteiger partial charge >= 0.3 is 5.69 Å². The van der Waals surface area contributed by atoms with Crippen molar-refractivity contribution in [2.45, 2.75) is 18.4 Å². The van der Waals surface area contributed by atoms with Gasteiger partial charge in [-0.3, -0.25) is 10.1 Å². The number of benzene rings is 1. The summed E-state index contributed by atoms with van der Waals surface area (Å²) in [6, 6.07) is 7.63. The van der Waals surface area contributed by atoms with Crippen LogP contribution < -0.4 is 10.1 Å². The van der Waals surface area contributed by atoms with Crippen LogP contribution in [0.5, 0.6) is 5.88 Å². The number of sulfone groups is 1. The Kier molecular flexibility index (Phi) is 5.35. The Labute approximate surface area is 139 Å². The molecule has 0 amide bonds. The molecule has 0 saturated carbocycles. The van der Waals surface area contributed by atoms with E-state index < -0.39 is 20.4 Å². The highest BCUT2D eigenvalue weighted by atomic mass is 32.2. The smallest absolute Gasteiger partial charge is 0.310 e. The maximum absolute atomic E-state index is 11.8. The molecular weight excluding hydrogens is 334 g/mol. The predicted octanol–water partition coefficient (Wildman–Crippen LogP) is 2.40. The summed E-state index contributed by atoms with van der Waals surface area (Å²) in [6.07, 6.45) is 2.52. The second-order valence-corrected chi connectivity index (χ2v) is 6.92. The Morgan fingerprint density at radius 2 is 2.04 bits per heavy atom. The Balaban J connectivity index is 2.36. The molecule has 1 N–H and O–H groups in total. The van der Waals surface area contributed by atoms with Crippen LogP contribution >= 0.6 is 0 Å². The van der Waals surface area contributed by atoms with Gasteiger partial charge in [-0.2, -0.15) is 0 Å². The zero-order valence-corrected chi connectivity index (χ0v) is 14.0. The fourth-order valence-electron chi connectivity index (χ4n) is 2.17. The van der Waals surface area contributed by atoms with Gasteiger partial charge < -0.3 is 10.1 Å². The number of hydrogen-bond donors (Lipinski definition) is 1. The normalized spacial score (nSPS) is 11.1. The first-order valence-corrected chi connectivity index (χ1v) is 9.01. The van der Waals surface area contributed by atoms with E-state index in [1.54, 1.807) is 18.3 Å². The third-order valence-electron chi connectivity index (χ3n) is 3.18. The topological polar surface area (TPSA) is 111 Å². The summed E-state index contributed by atoms with van der Waals surface area (Å²) in [5, 5.41) is 14.2. The van der Waals surface area contributed by atoms with Crippen LogP contribution in [0, 0.1) is 10.1 Å². The zero-order valence-electron chi connectivity index (χ0n) is 13.2. The molecule has 1 aromatic heterocycles. The van der Waals surface area contributed by atoms with E-state index >= 15 is 0 Å². The molecule has 0 bridgehead atoms. The van der Waals surface area contributed by atoms with Crippen molar-refractivity contribution < 1.29 is 18.1 Å². The third-order valence-corrected chi connectivity index (χ3v) is 4.31. The van der Waals surface area contributed by atoms with Crippen LogP contribution in [0.2, 0.25) is 0 Å². The molecule has 0 aliphatic rings. The summed E-state index contributed by atoms with van der Waals surface area (Å²) in [6.45, 7) is 2.47. The molecule has 0 unspecified atom stereocenters. The summed E-state index contributed by atoms with van der Waals surface area (Å²) in [7, 11) is -3.72. The SMILES string of the molecule is CCOc1ncccc1CNc1cccc(S(C)(=O)=O)c1[N+](=O)[O-]. The standard InChI is InChI=1S/C15H17N3O5S/c1-3-23-15-11(6-5-9-16-15)10-17-12-7-4-8-13(24(2,21)22)14(12)18(19)20/h4-9,17H,3,10H2,1-2H3. The van der Waals surface area contributed by atoms with Crippen molar-refractivity contribution in [3.05, 3.63) is 52.2 Å². The molecule has 9 heteroatoms. The number of nitro groups is 1. The number of nitro benzene ring substituents is 1. The van der Waals surface area contributed by atoms with Crippen LogP contribution in [0.15, 0.2) is 41.4 Å². The molecule has 0 saturated heterocycles. The van der Waals surface area contributed by atoms with E-state index in [1.165, 1.54) is 18.2 Å². The van der Waals surface area contributed by atoms with Crippen molar-refractivity contribution in [3.8, 4) is 5.88 Å². The fraction of sp³-hybridized carbons (Fsp3) is 0.267. The van der Waals surface area contributed by atoms with Crippen molar-refractivity contribution in [2.24, 2.45) is 0 Å². The maximum Gasteiger partial charge on any atom is 0.310 e. The fourth-order valence-corrected chi connectivity index (χ4v) is 3.03. The van der Waals surface area contributed by atoms with Crippen molar-refractivity contribution >= 4 is 21.2 Å². The van der Waals surface area contributed by atoms with Crippen LogP contribution in [-0.2, 0) is 16.4 Å². The molecule has 0 aliphatic heterocycles. The van der Waals surface area contributed by atoms with Crippen molar-refractivity contribution in [1.82, 2.24) is 4.98 Å². The minimum absolute atomic E-state index is 0.120. The number of aromatic nitrogens is 1. The van der Waals surface area contributed by atoms with Gasteiger partial charge in [0.15, 0.2) is 9.84 Å². The molecule has 2 rings (SSSR count). The highest BCUT2D eigenvalue weighted by molar-refractivity contribution is 7.90. The van der Waals surface area contributed by atoms with Gasteiger partial charge in [0.2, 0.25) is 5.88 Å². The minimum Gasteiger partial charge on any atom is -0.478 e. The molecule has 2 aromatic rings. The van der Waals surface area contributed by atoms with Crippen LogP contribution in [0.4, 0.5) is 11.4 Å². The first-order chi connectivity index (χ1) is 11.3. The first kappa shape index (κ1) is 17.7. The van der Waals surface area contributed by atoms with Gasteiger partial charge in [-0.15, -0.1) is 0 Å². The zero-order chi connectivity index (χ0) is 17.7. The monoisotopic (exact) mass is 351 g/mol. The summed E-state index contributed by atoms with van der Waals surface area (Å²) >= 11 is 0. The van der Waals surface area contributed by atoms with E-state index in [9.17, 15) is 18.5 Å². The lowest BCUT2D eigenvalue weighted by atomic mass is 10.2. The van der Waals surface area contributed by atoms with Crippen LogP contribution in [0.3, 0.4) is 0 Å². The number of hydrogen-bond acceptors (Lipinski definition) is 7. The maximum atomic E-state index is 11.8. The van der Waals surface area contributed by atoms with E-state index in [0.29, 0.717) is 18.1 Å². The molecular formula is C15H17N3O5S. The van der Waals surface area contributed by atoms with E-state index in [0.717, 1.165) is 6.26 Å². The second kappa shape index (κ2) is 7.26. The molecule has 24 heavy (non-hydrogen) atoms. The molecule has 8 nitrogen and oxygen atoms in total. The molecule has 1 aromatic carbocycles. The highest BCUT2D eigenvalue weighted by Crippen LogP contribution is 2.32. The number of anilines is 1. The molecule has 0 aliphatic carbocycles. The number of ether oxygens (including phenoxy) is 1. The summed E-state index contributed by atoms with van der Waals surface area (Å²) in [4.78, 5) is 14.4. The molecule has 128 valence electrons. The lowest BCUT2D eigenvalue weighted by molar-refractivity contribution is -0.386. The van der Waals surface area contributed by atoms with Crippen LogP contribution in [0.1, 0.15) is 12.5 Å². The van der Waals surface area contributed by atoms with E-state index in [1.807, 2.05) is 6.92 Å². The molecule has 0 atom stereocenters. The second-order valence-electron chi connectivity index (χ2n) is 4.94. The molecule has 0 spiro atoms. The molecule has 0 radical (unpaired) electrons. The van der Waals surface area contributed by atoms with Crippen LogP contribution in [0.25, 0.3) is 0 Å². The summed E-state index contributed by atoms with van der Waals surface area (Å²) in [5.74, 6) is 0.425. The summed E-state index contributed by atoms with van der Waals surface area (Å²) in [5.41, 5.74) is 0.356. The third kappa shape index (κ3) is 3.99. The van der Waals surface area contributed by atoms with Crippen molar-refractivity contribution in [2.75, 3.05) is 18.2 Å². The Bertz CT molecular complexity index is 852. The lowest BCUT2D eigenvalue weighted by Crippen LogP contribution is -2.09. The Morgan fingerprint density at radius 3 is 2.67 bits per heavy atom. The van der Waals surface area contributed by atoms with E-state index in [2.05, 4.69) is 10.3 Å². The van der Waals surface area contributed by atoms with E-state index in [4.69, 9.17) is 4.74 Å². The highest BCUT2D eigenvalue weighted by Gasteiger charge is 2.26. The van der Waals surface area contributed by atoms with Crippen LogP contribution in [-0.4, -0.2) is 31.2 Å². The van der Waals surface area contributed by atoms with Gasteiger partial charge in [0, 0.05) is 24.6 Å². The first-order valence-electron chi connectivity index (χ1n) is 7.12. The number of pyridine rings is 1. The number of rotatable bonds is 7. The minimum atomic E-state index is -3.72. The lowest BCUT2D eigenvalue weighted by Gasteiger charge is -2.12.